The fourth-order valence-corrected chi connectivity index (χ4v) is 3.75. The Kier molecular flexibility index (Phi) is 6.29. The Labute approximate surface area is 163 Å². The molecule has 0 unspecified atom stereocenters. The Morgan fingerprint density at radius 3 is 2.12 bits per heavy atom. The van der Waals surface area contributed by atoms with Gasteiger partial charge in [0.05, 0.1) is 5.02 Å². The first-order valence-electron chi connectivity index (χ1n) is 7.17. The monoisotopic (exact) mass is 417 g/mol. The second-order valence-corrected chi connectivity index (χ2v) is 8.82. The van der Waals surface area contributed by atoms with E-state index in [1.807, 2.05) is 19.1 Å². The summed E-state index contributed by atoms with van der Waals surface area (Å²) in [6.07, 6.45) is 0. The Balaban J connectivity index is 2.20. The van der Waals surface area contributed by atoms with Crippen molar-refractivity contribution in [2.24, 2.45) is 0 Å². The van der Waals surface area contributed by atoms with Crippen LogP contribution in [0, 0.1) is 6.92 Å². The molecule has 25 heavy (non-hydrogen) atoms. The highest BCUT2D eigenvalue weighted by molar-refractivity contribution is 7.89. The summed E-state index contributed by atoms with van der Waals surface area (Å²) in [5, 5.41) is 7.00. The lowest BCUT2D eigenvalue weighted by Crippen LogP contribution is -2.23. The van der Waals surface area contributed by atoms with E-state index in [0.29, 0.717) is 15.8 Å². The van der Waals surface area contributed by atoms with Crippen LogP contribution in [0.25, 0.3) is 0 Å². The Morgan fingerprint density at radius 2 is 1.56 bits per heavy atom. The molecule has 0 saturated carbocycles. The van der Waals surface area contributed by atoms with Crippen LogP contribution in [0.2, 0.25) is 10.0 Å². The molecule has 2 aromatic carbocycles. The highest BCUT2D eigenvalue weighted by Crippen LogP contribution is 2.27. The fourth-order valence-electron chi connectivity index (χ4n) is 1.94. The average Bonchev–Trinajstić information content (AvgIpc) is 2.52. The van der Waals surface area contributed by atoms with Crippen LogP contribution in [0.1, 0.15) is 5.56 Å². The maximum atomic E-state index is 12.3. The van der Waals surface area contributed by atoms with Gasteiger partial charge in [0.25, 0.3) is 0 Å². The first-order chi connectivity index (χ1) is 11.6. The van der Waals surface area contributed by atoms with Gasteiger partial charge >= 0.3 is 0 Å². The molecule has 0 atom stereocenters. The molecule has 0 radical (unpaired) electrons. The highest BCUT2D eigenvalue weighted by atomic mass is 35.5. The summed E-state index contributed by atoms with van der Waals surface area (Å²) < 4.78 is 25.7. The lowest BCUT2D eigenvalue weighted by atomic mass is 10.2. The number of thiocarbonyl (C=S) groups is 1. The molecule has 2 aromatic rings. The van der Waals surface area contributed by atoms with E-state index >= 15 is 0 Å². The van der Waals surface area contributed by atoms with Gasteiger partial charge in [0.2, 0.25) is 10.0 Å². The molecule has 0 aliphatic carbocycles. The van der Waals surface area contributed by atoms with E-state index in [0.717, 1.165) is 15.6 Å². The van der Waals surface area contributed by atoms with Gasteiger partial charge in [-0.05, 0) is 55.0 Å². The van der Waals surface area contributed by atoms with Crippen LogP contribution < -0.4 is 10.6 Å². The van der Waals surface area contributed by atoms with Crippen molar-refractivity contribution < 1.29 is 8.42 Å². The molecule has 2 N–H and O–H groups in total. The number of benzene rings is 2. The third kappa shape index (κ3) is 4.83. The lowest BCUT2D eigenvalue weighted by Gasteiger charge is -2.15. The maximum absolute atomic E-state index is 12.3. The molecule has 9 heteroatoms. The number of nitrogens with one attached hydrogen (secondary N) is 2. The van der Waals surface area contributed by atoms with Gasteiger partial charge in [-0.15, -0.1) is 0 Å². The van der Waals surface area contributed by atoms with Gasteiger partial charge in [-0.2, -0.15) is 0 Å². The van der Waals surface area contributed by atoms with Crippen LogP contribution in [0.5, 0.6) is 0 Å². The van der Waals surface area contributed by atoms with Crippen molar-refractivity contribution >= 4 is 61.9 Å². The summed E-state index contributed by atoms with van der Waals surface area (Å²) in [4.78, 5) is 0.00495. The number of nitrogens with zero attached hydrogens (tertiary/aromatic N) is 1. The van der Waals surface area contributed by atoms with Crippen LogP contribution >= 0.6 is 35.4 Å². The Morgan fingerprint density at radius 1 is 1.00 bits per heavy atom. The predicted molar refractivity (Wildman–Crippen MR) is 108 cm³/mol. The van der Waals surface area contributed by atoms with E-state index in [9.17, 15) is 8.42 Å². The van der Waals surface area contributed by atoms with Gasteiger partial charge in [0, 0.05) is 30.5 Å². The Hall–Kier alpha value is -1.38. The van der Waals surface area contributed by atoms with Crippen LogP contribution in [-0.2, 0) is 10.0 Å². The van der Waals surface area contributed by atoms with Crippen LogP contribution in [0.4, 0.5) is 11.4 Å². The fraction of sp³-hybridized carbons (Fsp3) is 0.188. The summed E-state index contributed by atoms with van der Waals surface area (Å²) in [5.41, 5.74) is 2.19. The third-order valence-corrected chi connectivity index (χ3v) is 6.29. The summed E-state index contributed by atoms with van der Waals surface area (Å²) in [7, 11) is -0.768. The third-order valence-electron chi connectivity index (χ3n) is 3.38. The van der Waals surface area contributed by atoms with Gasteiger partial charge in [-0.3, -0.25) is 0 Å². The van der Waals surface area contributed by atoms with Crippen molar-refractivity contribution in [1.29, 1.82) is 0 Å². The van der Waals surface area contributed by atoms with Crippen molar-refractivity contribution in [2.45, 2.75) is 11.8 Å². The van der Waals surface area contributed by atoms with E-state index in [1.165, 1.54) is 26.2 Å². The predicted octanol–water partition coefficient (Wildman–Crippen LogP) is 4.36. The van der Waals surface area contributed by atoms with E-state index < -0.39 is 10.0 Å². The van der Waals surface area contributed by atoms with Crippen LogP contribution in [0.3, 0.4) is 0 Å². The average molecular weight is 418 g/mol. The zero-order chi connectivity index (χ0) is 18.8. The van der Waals surface area contributed by atoms with Crippen molar-refractivity contribution in [3.63, 3.8) is 0 Å². The molecule has 134 valence electrons. The highest BCUT2D eigenvalue weighted by Gasteiger charge is 2.21. The minimum atomic E-state index is -3.65. The molecule has 2 rings (SSSR count). The van der Waals surface area contributed by atoms with Crippen molar-refractivity contribution in [3.05, 3.63) is 52.0 Å². The number of rotatable bonds is 4. The second-order valence-electron chi connectivity index (χ2n) is 5.48. The topological polar surface area (TPSA) is 61.4 Å². The number of hydrogen-bond acceptors (Lipinski definition) is 3. The molecule has 0 bridgehead atoms. The number of hydrogen-bond donors (Lipinski definition) is 2. The molecule has 0 saturated heterocycles. The summed E-state index contributed by atoms with van der Waals surface area (Å²) in [6.45, 7) is 1.91. The zero-order valence-electron chi connectivity index (χ0n) is 13.8. The Bertz CT molecular complexity index is 916. The van der Waals surface area contributed by atoms with Gasteiger partial charge in [-0.25, -0.2) is 12.7 Å². The molecule has 0 amide bonds. The normalized spacial score (nSPS) is 11.4. The SMILES string of the molecule is Cc1ccc(NC(=S)Nc2ccc(Cl)c(S(=O)(=O)N(C)C)c2)cc1Cl. The summed E-state index contributed by atoms with van der Waals surface area (Å²) in [5.74, 6) is 0. The quantitative estimate of drug-likeness (QED) is 0.723. The van der Waals surface area contributed by atoms with Gasteiger partial charge in [-0.1, -0.05) is 29.3 Å². The van der Waals surface area contributed by atoms with Gasteiger partial charge < -0.3 is 10.6 Å². The molecule has 0 heterocycles. The van der Waals surface area contributed by atoms with Crippen LogP contribution in [0.15, 0.2) is 41.3 Å². The minimum Gasteiger partial charge on any atom is -0.332 e. The molecular weight excluding hydrogens is 401 g/mol. The van der Waals surface area contributed by atoms with Crippen molar-refractivity contribution in [3.8, 4) is 0 Å². The first-order valence-corrected chi connectivity index (χ1v) is 9.78. The summed E-state index contributed by atoms with van der Waals surface area (Å²) in [6, 6.07) is 10.1. The molecule has 0 fully saturated rings. The standard InChI is InChI=1S/C16H17Cl2N3O2S2/c1-10-4-5-11(8-14(10)18)19-16(24)20-12-6-7-13(17)15(9-12)25(22,23)21(2)3/h4-9H,1-3H3,(H2,19,20,24). The largest absolute Gasteiger partial charge is 0.332 e. The van der Waals surface area contributed by atoms with E-state index in [4.69, 9.17) is 35.4 Å². The lowest BCUT2D eigenvalue weighted by molar-refractivity contribution is 0.521. The molecule has 0 aliphatic heterocycles. The van der Waals surface area contributed by atoms with E-state index in [2.05, 4.69) is 10.6 Å². The minimum absolute atomic E-state index is 0.00495. The number of halogens is 2. The molecule has 0 aromatic heterocycles. The van der Waals surface area contributed by atoms with E-state index in [1.54, 1.807) is 12.1 Å². The van der Waals surface area contributed by atoms with E-state index in [-0.39, 0.29) is 9.92 Å². The molecular formula is C16H17Cl2N3O2S2. The van der Waals surface area contributed by atoms with Crippen molar-refractivity contribution in [1.82, 2.24) is 4.31 Å². The zero-order valence-corrected chi connectivity index (χ0v) is 16.9. The maximum Gasteiger partial charge on any atom is 0.244 e. The van der Waals surface area contributed by atoms with Crippen LogP contribution in [-0.4, -0.2) is 31.9 Å². The number of anilines is 2. The summed E-state index contributed by atoms with van der Waals surface area (Å²) >= 11 is 17.4. The van der Waals surface area contributed by atoms with Gasteiger partial charge in [0.1, 0.15) is 4.90 Å². The molecule has 5 nitrogen and oxygen atoms in total. The van der Waals surface area contributed by atoms with Crippen molar-refractivity contribution in [2.75, 3.05) is 24.7 Å². The number of sulfonamides is 1. The number of aryl methyl sites for hydroxylation is 1. The first kappa shape index (κ1) is 19.9. The molecule has 0 spiro atoms. The molecule has 0 aliphatic rings. The smallest absolute Gasteiger partial charge is 0.244 e. The second kappa shape index (κ2) is 7.88. The van der Waals surface area contributed by atoms with Gasteiger partial charge in [0.15, 0.2) is 5.11 Å².